The molecule has 0 spiro atoms. The van der Waals surface area contributed by atoms with Gasteiger partial charge in [0.2, 0.25) is 0 Å². The van der Waals surface area contributed by atoms with Gasteiger partial charge in [0, 0.05) is 27.4 Å². The number of benzene rings is 3. The van der Waals surface area contributed by atoms with Crippen molar-refractivity contribution in [3.8, 4) is 11.5 Å². The van der Waals surface area contributed by atoms with Crippen molar-refractivity contribution in [3.05, 3.63) is 94.2 Å². The van der Waals surface area contributed by atoms with Crippen LogP contribution in [0.25, 0.3) is 17.0 Å². The van der Waals surface area contributed by atoms with Gasteiger partial charge < -0.3 is 25.1 Å². The number of hydrogen-bond acceptors (Lipinski definition) is 4. The summed E-state index contributed by atoms with van der Waals surface area (Å²) in [6.45, 7) is 0. The first kappa shape index (κ1) is 23.1. The van der Waals surface area contributed by atoms with Crippen molar-refractivity contribution < 1.29 is 19.1 Å². The van der Waals surface area contributed by atoms with E-state index < -0.39 is 11.8 Å². The van der Waals surface area contributed by atoms with Gasteiger partial charge in [-0.25, -0.2) is 0 Å². The predicted octanol–water partition coefficient (Wildman–Crippen LogP) is 5.36. The Morgan fingerprint density at radius 3 is 2.41 bits per heavy atom. The fourth-order valence-corrected chi connectivity index (χ4v) is 3.84. The minimum atomic E-state index is -0.475. The molecule has 4 aromatic rings. The lowest BCUT2D eigenvalue weighted by atomic mass is 10.1. The molecule has 0 aliphatic heterocycles. The number of aromatic nitrogens is 1. The third-order valence-electron chi connectivity index (χ3n) is 5.14. The predicted molar refractivity (Wildman–Crippen MR) is 136 cm³/mol. The first-order chi connectivity index (χ1) is 16.5. The quantitative estimate of drug-likeness (QED) is 0.286. The number of carbonyl (C=O) groups is 2. The van der Waals surface area contributed by atoms with Crippen LogP contribution in [0.1, 0.15) is 15.9 Å². The zero-order valence-electron chi connectivity index (χ0n) is 18.5. The van der Waals surface area contributed by atoms with Crippen LogP contribution in [0, 0.1) is 0 Å². The SMILES string of the molecule is COc1cc(Br)c(/C=C(/NC(=O)c2ccccc2)C(=O)Nc2ccc3cc[nH]c3c2)cc1OC. The molecule has 3 N–H and O–H groups in total. The number of aromatic amines is 1. The average molecular weight is 520 g/mol. The average Bonchev–Trinajstić information content (AvgIpc) is 3.32. The highest BCUT2D eigenvalue weighted by Gasteiger charge is 2.17. The van der Waals surface area contributed by atoms with Crippen LogP contribution in [0.15, 0.2) is 83.1 Å². The van der Waals surface area contributed by atoms with Crippen molar-refractivity contribution in [2.75, 3.05) is 19.5 Å². The maximum atomic E-state index is 13.3. The molecule has 34 heavy (non-hydrogen) atoms. The zero-order chi connectivity index (χ0) is 24.1. The summed E-state index contributed by atoms with van der Waals surface area (Å²) in [5.41, 5.74) is 2.59. The molecule has 1 heterocycles. The maximum absolute atomic E-state index is 13.3. The van der Waals surface area contributed by atoms with Crippen LogP contribution in [0.5, 0.6) is 11.5 Å². The van der Waals surface area contributed by atoms with Crippen LogP contribution in [-0.4, -0.2) is 31.0 Å². The lowest BCUT2D eigenvalue weighted by Crippen LogP contribution is -2.30. The molecule has 7 nitrogen and oxygen atoms in total. The number of anilines is 1. The Kier molecular flexibility index (Phi) is 6.98. The van der Waals surface area contributed by atoms with Gasteiger partial charge in [-0.3, -0.25) is 9.59 Å². The maximum Gasteiger partial charge on any atom is 0.272 e. The third kappa shape index (κ3) is 5.13. The van der Waals surface area contributed by atoms with E-state index in [1.54, 1.807) is 55.7 Å². The Morgan fingerprint density at radius 1 is 0.941 bits per heavy atom. The molecule has 0 radical (unpaired) electrons. The number of hydrogen-bond donors (Lipinski definition) is 3. The van der Waals surface area contributed by atoms with Gasteiger partial charge in [0.05, 0.1) is 14.2 Å². The number of methoxy groups -OCH3 is 2. The van der Waals surface area contributed by atoms with E-state index in [9.17, 15) is 9.59 Å². The molecule has 0 atom stereocenters. The molecule has 0 saturated heterocycles. The summed E-state index contributed by atoms with van der Waals surface area (Å²) in [6.07, 6.45) is 3.41. The van der Waals surface area contributed by atoms with Gasteiger partial charge in [0.15, 0.2) is 11.5 Å². The Labute approximate surface area is 204 Å². The summed E-state index contributed by atoms with van der Waals surface area (Å²) < 4.78 is 11.4. The number of H-pyrrole nitrogens is 1. The van der Waals surface area contributed by atoms with Crippen LogP contribution in [0.2, 0.25) is 0 Å². The molecule has 4 rings (SSSR count). The van der Waals surface area contributed by atoms with E-state index in [0.29, 0.717) is 32.8 Å². The largest absolute Gasteiger partial charge is 0.493 e. The fourth-order valence-electron chi connectivity index (χ4n) is 3.40. The first-order valence-electron chi connectivity index (χ1n) is 10.4. The summed E-state index contributed by atoms with van der Waals surface area (Å²) in [5, 5.41) is 6.62. The van der Waals surface area contributed by atoms with Crippen molar-refractivity contribution >= 4 is 50.4 Å². The van der Waals surface area contributed by atoms with E-state index >= 15 is 0 Å². The molecule has 0 saturated carbocycles. The van der Waals surface area contributed by atoms with E-state index in [-0.39, 0.29) is 5.70 Å². The third-order valence-corrected chi connectivity index (χ3v) is 5.83. The van der Waals surface area contributed by atoms with Gasteiger partial charge in [-0.2, -0.15) is 0 Å². The second kappa shape index (κ2) is 10.3. The number of carbonyl (C=O) groups excluding carboxylic acids is 2. The minimum Gasteiger partial charge on any atom is -0.493 e. The molecular weight excluding hydrogens is 498 g/mol. The second-order valence-electron chi connectivity index (χ2n) is 7.34. The van der Waals surface area contributed by atoms with E-state index in [2.05, 4.69) is 31.5 Å². The second-order valence-corrected chi connectivity index (χ2v) is 8.20. The molecule has 0 fully saturated rings. The smallest absolute Gasteiger partial charge is 0.272 e. The molecule has 2 amide bonds. The van der Waals surface area contributed by atoms with Crippen molar-refractivity contribution in [2.45, 2.75) is 0 Å². The molecule has 0 bridgehead atoms. The normalized spacial score (nSPS) is 11.2. The van der Waals surface area contributed by atoms with Crippen molar-refractivity contribution in [3.63, 3.8) is 0 Å². The Bertz CT molecular complexity index is 1380. The van der Waals surface area contributed by atoms with Gasteiger partial charge in [-0.05, 0) is 59.5 Å². The molecule has 0 aliphatic rings. The number of ether oxygens (including phenoxy) is 2. The standard InChI is InChI=1S/C26H22BrN3O4/c1-33-23-13-18(20(27)15-24(23)34-2)12-22(30-25(31)17-6-4-3-5-7-17)26(32)29-19-9-8-16-10-11-28-21(16)14-19/h3-15,28H,1-2H3,(H,29,32)(H,30,31)/b22-12+. The lowest BCUT2D eigenvalue weighted by Gasteiger charge is -2.13. The van der Waals surface area contributed by atoms with E-state index in [0.717, 1.165) is 10.9 Å². The molecular formula is C26H22BrN3O4. The highest BCUT2D eigenvalue weighted by molar-refractivity contribution is 9.10. The zero-order valence-corrected chi connectivity index (χ0v) is 20.1. The molecule has 8 heteroatoms. The highest BCUT2D eigenvalue weighted by atomic mass is 79.9. The summed E-state index contributed by atoms with van der Waals surface area (Å²) in [5.74, 6) is 0.142. The molecule has 172 valence electrons. The first-order valence-corrected chi connectivity index (χ1v) is 11.2. The summed E-state index contributed by atoms with van der Waals surface area (Å²) in [4.78, 5) is 29.2. The van der Waals surface area contributed by atoms with Crippen LogP contribution in [0.3, 0.4) is 0 Å². The summed E-state index contributed by atoms with van der Waals surface area (Å²) >= 11 is 3.50. The van der Waals surface area contributed by atoms with E-state index in [1.807, 2.05) is 30.5 Å². The van der Waals surface area contributed by atoms with Gasteiger partial charge in [-0.1, -0.05) is 40.2 Å². The molecule has 0 aliphatic carbocycles. The van der Waals surface area contributed by atoms with Crippen molar-refractivity contribution in [2.24, 2.45) is 0 Å². The highest BCUT2D eigenvalue weighted by Crippen LogP contribution is 2.34. The number of rotatable bonds is 7. The number of fused-ring (bicyclic) bond motifs is 1. The van der Waals surface area contributed by atoms with Crippen molar-refractivity contribution in [1.29, 1.82) is 0 Å². The van der Waals surface area contributed by atoms with E-state index in [1.165, 1.54) is 7.11 Å². The lowest BCUT2D eigenvalue weighted by molar-refractivity contribution is -0.113. The minimum absolute atomic E-state index is 0.0633. The van der Waals surface area contributed by atoms with Crippen LogP contribution in [-0.2, 0) is 4.79 Å². The number of amides is 2. The monoisotopic (exact) mass is 519 g/mol. The fraction of sp³-hybridized carbons (Fsp3) is 0.0769. The van der Waals surface area contributed by atoms with Crippen LogP contribution >= 0.6 is 15.9 Å². The van der Waals surface area contributed by atoms with Gasteiger partial charge in [0.25, 0.3) is 11.8 Å². The Hall–Kier alpha value is -4.04. The van der Waals surface area contributed by atoms with Gasteiger partial charge >= 0.3 is 0 Å². The molecule has 3 aromatic carbocycles. The van der Waals surface area contributed by atoms with Crippen molar-refractivity contribution in [1.82, 2.24) is 10.3 Å². The number of nitrogens with one attached hydrogen (secondary N) is 3. The number of halogens is 1. The molecule has 1 aromatic heterocycles. The Balaban J connectivity index is 1.70. The summed E-state index contributed by atoms with van der Waals surface area (Å²) in [7, 11) is 3.07. The van der Waals surface area contributed by atoms with E-state index in [4.69, 9.17) is 9.47 Å². The van der Waals surface area contributed by atoms with Gasteiger partial charge in [0.1, 0.15) is 5.70 Å². The molecule has 0 unspecified atom stereocenters. The van der Waals surface area contributed by atoms with Gasteiger partial charge in [-0.15, -0.1) is 0 Å². The summed E-state index contributed by atoms with van der Waals surface area (Å²) in [6, 6.07) is 19.6. The van der Waals surface area contributed by atoms with Crippen LogP contribution < -0.4 is 20.1 Å². The van der Waals surface area contributed by atoms with Crippen LogP contribution in [0.4, 0.5) is 5.69 Å². The topological polar surface area (TPSA) is 92.5 Å². The Morgan fingerprint density at radius 2 is 1.68 bits per heavy atom.